The van der Waals surface area contributed by atoms with Gasteiger partial charge in [0.25, 0.3) is 0 Å². The van der Waals surface area contributed by atoms with Crippen LogP contribution in [0.4, 0.5) is 0 Å². The molecule has 0 aliphatic carbocycles. The summed E-state index contributed by atoms with van der Waals surface area (Å²) in [5.41, 5.74) is 1.15. The van der Waals surface area contributed by atoms with Gasteiger partial charge in [-0.2, -0.15) is 0 Å². The molecule has 2 rings (SSSR count). The highest BCUT2D eigenvalue weighted by atomic mass is 35.5. The van der Waals surface area contributed by atoms with Crippen LogP contribution in [0.1, 0.15) is 12.0 Å². The second-order valence-corrected chi connectivity index (χ2v) is 5.37. The van der Waals surface area contributed by atoms with E-state index in [1.165, 1.54) is 4.90 Å². The topological polar surface area (TPSA) is 52.7 Å². The maximum Gasteiger partial charge on any atom is 0.242 e. The molecule has 1 aliphatic heterocycles. The number of aryl methyl sites for hydroxylation is 1. The molecule has 1 aliphatic rings. The van der Waals surface area contributed by atoms with Gasteiger partial charge < -0.3 is 15.1 Å². The number of hydrogen-bond acceptors (Lipinski definition) is 3. The van der Waals surface area contributed by atoms with Gasteiger partial charge in [0, 0.05) is 39.6 Å². The van der Waals surface area contributed by atoms with Crippen LogP contribution in [0, 0.1) is 0 Å². The first-order chi connectivity index (χ1) is 10.2. The zero-order chi connectivity index (χ0) is 15.1. The van der Waals surface area contributed by atoms with E-state index in [4.69, 9.17) is 0 Å². The maximum atomic E-state index is 12.1. The van der Waals surface area contributed by atoms with E-state index in [1.807, 2.05) is 35.2 Å². The van der Waals surface area contributed by atoms with Crippen LogP contribution >= 0.6 is 12.4 Å². The zero-order valence-corrected chi connectivity index (χ0v) is 13.8. The van der Waals surface area contributed by atoms with E-state index in [0.717, 1.165) is 31.7 Å². The minimum Gasteiger partial charge on any atom is -0.339 e. The molecule has 0 bridgehead atoms. The fraction of sp³-hybridized carbons (Fsp3) is 0.500. The number of benzene rings is 1. The maximum absolute atomic E-state index is 12.1. The summed E-state index contributed by atoms with van der Waals surface area (Å²) in [4.78, 5) is 27.5. The van der Waals surface area contributed by atoms with Crippen molar-refractivity contribution in [3.63, 3.8) is 0 Å². The van der Waals surface area contributed by atoms with Gasteiger partial charge in [-0.3, -0.25) is 9.59 Å². The van der Waals surface area contributed by atoms with E-state index in [1.54, 1.807) is 7.05 Å². The minimum absolute atomic E-state index is 0. The molecular weight excluding hydrogens is 302 g/mol. The number of likely N-dealkylation sites (N-methyl/N-ethyl adjacent to an activating group) is 1. The number of rotatable bonds is 5. The number of nitrogens with zero attached hydrogens (tertiary/aromatic N) is 2. The Hall–Kier alpha value is -1.59. The van der Waals surface area contributed by atoms with Crippen molar-refractivity contribution in [2.45, 2.75) is 12.8 Å². The predicted molar refractivity (Wildman–Crippen MR) is 89.1 cm³/mol. The lowest BCUT2D eigenvalue weighted by Crippen LogP contribution is -2.49. The molecule has 0 atom stereocenters. The summed E-state index contributed by atoms with van der Waals surface area (Å²) in [5, 5.41) is 3.21. The Balaban J connectivity index is 0.00000242. The SMILES string of the molecule is CN(CC(=O)N1CCNCC1)C(=O)CCc1ccccc1.Cl. The second kappa shape index (κ2) is 9.43. The van der Waals surface area contributed by atoms with Crippen LogP contribution in [-0.4, -0.2) is 61.4 Å². The molecular formula is C16H24ClN3O2. The van der Waals surface area contributed by atoms with Crippen molar-refractivity contribution in [3.05, 3.63) is 35.9 Å². The van der Waals surface area contributed by atoms with Gasteiger partial charge in [0.2, 0.25) is 11.8 Å². The van der Waals surface area contributed by atoms with Crippen molar-refractivity contribution in [1.82, 2.24) is 15.1 Å². The van der Waals surface area contributed by atoms with Crippen molar-refractivity contribution in [1.29, 1.82) is 0 Å². The number of amides is 2. The largest absolute Gasteiger partial charge is 0.339 e. The highest BCUT2D eigenvalue weighted by Crippen LogP contribution is 2.04. The molecule has 0 radical (unpaired) electrons. The van der Waals surface area contributed by atoms with E-state index in [-0.39, 0.29) is 30.8 Å². The number of nitrogens with one attached hydrogen (secondary N) is 1. The van der Waals surface area contributed by atoms with Crippen molar-refractivity contribution in [2.75, 3.05) is 39.8 Å². The Morgan fingerprint density at radius 1 is 1.18 bits per heavy atom. The highest BCUT2D eigenvalue weighted by Gasteiger charge is 2.19. The minimum atomic E-state index is 0. The molecule has 6 heteroatoms. The average molecular weight is 326 g/mol. The summed E-state index contributed by atoms with van der Waals surface area (Å²) in [7, 11) is 1.70. The van der Waals surface area contributed by atoms with E-state index < -0.39 is 0 Å². The summed E-state index contributed by atoms with van der Waals surface area (Å²) in [6, 6.07) is 9.93. The Morgan fingerprint density at radius 3 is 2.45 bits per heavy atom. The Bertz CT molecular complexity index is 476. The first-order valence-electron chi connectivity index (χ1n) is 7.43. The Labute approximate surface area is 138 Å². The average Bonchev–Trinajstić information content (AvgIpc) is 2.54. The fourth-order valence-electron chi connectivity index (χ4n) is 2.39. The van der Waals surface area contributed by atoms with Gasteiger partial charge in [-0.25, -0.2) is 0 Å². The second-order valence-electron chi connectivity index (χ2n) is 5.37. The van der Waals surface area contributed by atoms with Crippen LogP contribution in [0.2, 0.25) is 0 Å². The standard InChI is InChI=1S/C16H23N3O2.ClH/c1-18(13-16(21)19-11-9-17-10-12-19)15(20)8-7-14-5-3-2-4-6-14;/h2-6,17H,7-13H2,1H3;1H. The van der Waals surface area contributed by atoms with Gasteiger partial charge in [-0.1, -0.05) is 30.3 Å². The van der Waals surface area contributed by atoms with Crippen LogP contribution in [0.5, 0.6) is 0 Å². The lowest BCUT2D eigenvalue weighted by atomic mass is 10.1. The van der Waals surface area contributed by atoms with Crippen molar-refractivity contribution < 1.29 is 9.59 Å². The molecule has 1 heterocycles. The van der Waals surface area contributed by atoms with Crippen molar-refractivity contribution in [2.24, 2.45) is 0 Å². The number of hydrogen-bond donors (Lipinski definition) is 1. The molecule has 122 valence electrons. The van der Waals surface area contributed by atoms with Gasteiger partial charge in [0.1, 0.15) is 0 Å². The molecule has 22 heavy (non-hydrogen) atoms. The zero-order valence-electron chi connectivity index (χ0n) is 13.0. The van der Waals surface area contributed by atoms with Gasteiger partial charge in [0.05, 0.1) is 6.54 Å². The molecule has 0 unspecified atom stereocenters. The third kappa shape index (κ3) is 5.66. The summed E-state index contributed by atoms with van der Waals surface area (Å²) < 4.78 is 0. The number of carbonyl (C=O) groups excluding carboxylic acids is 2. The molecule has 1 saturated heterocycles. The lowest BCUT2D eigenvalue weighted by Gasteiger charge is -2.29. The number of piperazine rings is 1. The molecule has 2 amide bonds. The third-order valence-corrected chi connectivity index (χ3v) is 3.74. The van der Waals surface area contributed by atoms with E-state index in [2.05, 4.69) is 5.32 Å². The number of halogens is 1. The van der Waals surface area contributed by atoms with Crippen LogP contribution in [-0.2, 0) is 16.0 Å². The highest BCUT2D eigenvalue weighted by molar-refractivity contribution is 5.85. The summed E-state index contributed by atoms with van der Waals surface area (Å²) in [6.45, 7) is 3.29. The molecule has 0 spiro atoms. The molecule has 0 saturated carbocycles. The molecule has 0 aromatic heterocycles. The van der Waals surface area contributed by atoms with E-state index in [0.29, 0.717) is 12.8 Å². The quantitative estimate of drug-likeness (QED) is 0.876. The molecule has 1 N–H and O–H groups in total. The monoisotopic (exact) mass is 325 g/mol. The van der Waals surface area contributed by atoms with E-state index >= 15 is 0 Å². The first kappa shape index (κ1) is 18.5. The molecule has 1 aromatic carbocycles. The van der Waals surface area contributed by atoms with Gasteiger partial charge >= 0.3 is 0 Å². The molecule has 1 aromatic rings. The normalized spacial score (nSPS) is 14.1. The van der Waals surface area contributed by atoms with Crippen LogP contribution < -0.4 is 5.32 Å². The van der Waals surface area contributed by atoms with Gasteiger partial charge in [-0.15, -0.1) is 12.4 Å². The Kier molecular flexibility index (Phi) is 7.91. The van der Waals surface area contributed by atoms with Crippen molar-refractivity contribution >= 4 is 24.2 Å². The molecule has 5 nitrogen and oxygen atoms in total. The summed E-state index contributed by atoms with van der Waals surface area (Å²) >= 11 is 0. The third-order valence-electron chi connectivity index (χ3n) is 3.74. The summed E-state index contributed by atoms with van der Waals surface area (Å²) in [5.74, 6) is 0.0504. The van der Waals surface area contributed by atoms with Gasteiger partial charge in [-0.05, 0) is 12.0 Å². The smallest absolute Gasteiger partial charge is 0.242 e. The first-order valence-corrected chi connectivity index (χ1v) is 7.43. The van der Waals surface area contributed by atoms with E-state index in [9.17, 15) is 9.59 Å². The number of carbonyl (C=O) groups is 2. The predicted octanol–water partition coefficient (Wildman–Crippen LogP) is 0.931. The van der Waals surface area contributed by atoms with Gasteiger partial charge in [0.15, 0.2) is 0 Å². The van der Waals surface area contributed by atoms with Crippen LogP contribution in [0.25, 0.3) is 0 Å². The summed E-state index contributed by atoms with van der Waals surface area (Å²) in [6.07, 6.45) is 1.15. The Morgan fingerprint density at radius 2 is 1.82 bits per heavy atom. The van der Waals surface area contributed by atoms with Crippen LogP contribution in [0.3, 0.4) is 0 Å². The van der Waals surface area contributed by atoms with Crippen LogP contribution in [0.15, 0.2) is 30.3 Å². The lowest BCUT2D eigenvalue weighted by molar-refractivity contribution is -0.139. The van der Waals surface area contributed by atoms with Crippen molar-refractivity contribution in [3.8, 4) is 0 Å². The fourth-order valence-corrected chi connectivity index (χ4v) is 2.39. The molecule has 1 fully saturated rings.